The normalized spacial score (nSPS) is 22.2. The molecule has 1 N–H and O–H groups in total. The minimum atomic E-state index is 0.0921. The van der Waals surface area contributed by atoms with E-state index in [1.54, 1.807) is 0 Å². The van der Waals surface area contributed by atoms with Crippen molar-refractivity contribution in [3.8, 4) is 0 Å². The molecule has 0 bridgehead atoms. The van der Waals surface area contributed by atoms with Crippen molar-refractivity contribution in [2.24, 2.45) is 9.98 Å². The Bertz CT molecular complexity index is 297. The van der Waals surface area contributed by atoms with E-state index in [0.717, 1.165) is 17.2 Å². The highest BCUT2D eigenvalue weighted by Gasteiger charge is 2.10. The predicted octanol–water partition coefficient (Wildman–Crippen LogP) is 1.88. The Morgan fingerprint density at radius 3 is 2.85 bits per heavy atom. The molecule has 0 amide bonds. The largest absolute Gasteiger partial charge is 0.352 e. The van der Waals surface area contributed by atoms with Crippen LogP contribution in [0, 0.1) is 0 Å². The second kappa shape index (κ2) is 4.03. The van der Waals surface area contributed by atoms with Gasteiger partial charge in [0.15, 0.2) is 5.84 Å². The van der Waals surface area contributed by atoms with Crippen molar-refractivity contribution in [1.82, 2.24) is 5.32 Å². The molecule has 0 spiro atoms. The Morgan fingerprint density at radius 2 is 2.31 bits per heavy atom. The number of nitrogens with zero attached hydrogens (tertiary/aromatic N) is 2. The maximum Gasteiger partial charge on any atom is 0.158 e. The smallest absolute Gasteiger partial charge is 0.158 e. The van der Waals surface area contributed by atoms with Gasteiger partial charge in [0, 0.05) is 5.57 Å². The van der Waals surface area contributed by atoms with E-state index in [9.17, 15) is 0 Å². The SMILES string of the molecule is C=C(/C=C\C)C1=NC(C)NC(C)=N1. The molecule has 1 atom stereocenters. The summed E-state index contributed by atoms with van der Waals surface area (Å²) in [5.74, 6) is 1.62. The zero-order valence-corrected chi connectivity index (χ0v) is 8.33. The summed E-state index contributed by atoms with van der Waals surface area (Å²) >= 11 is 0. The van der Waals surface area contributed by atoms with Crippen molar-refractivity contribution < 1.29 is 0 Å². The predicted molar refractivity (Wildman–Crippen MR) is 57.1 cm³/mol. The Kier molecular flexibility index (Phi) is 3.01. The van der Waals surface area contributed by atoms with Gasteiger partial charge in [-0.05, 0) is 20.8 Å². The third kappa shape index (κ3) is 2.54. The number of hydrogen-bond acceptors (Lipinski definition) is 3. The van der Waals surface area contributed by atoms with E-state index in [4.69, 9.17) is 0 Å². The molecule has 1 unspecified atom stereocenters. The maximum atomic E-state index is 4.32. The van der Waals surface area contributed by atoms with Crippen LogP contribution in [0.2, 0.25) is 0 Å². The Hall–Kier alpha value is -1.38. The Morgan fingerprint density at radius 1 is 1.62 bits per heavy atom. The molecule has 0 aromatic carbocycles. The van der Waals surface area contributed by atoms with Crippen LogP contribution in [0.1, 0.15) is 20.8 Å². The fraction of sp³-hybridized carbons (Fsp3) is 0.400. The summed E-state index contributed by atoms with van der Waals surface area (Å²) in [6.45, 7) is 9.75. The molecule has 1 aliphatic heterocycles. The lowest BCUT2D eigenvalue weighted by Crippen LogP contribution is -2.34. The van der Waals surface area contributed by atoms with Gasteiger partial charge in [0.1, 0.15) is 12.0 Å². The van der Waals surface area contributed by atoms with Crippen molar-refractivity contribution in [2.45, 2.75) is 26.9 Å². The fourth-order valence-corrected chi connectivity index (χ4v) is 1.17. The molecule has 1 aliphatic rings. The van der Waals surface area contributed by atoms with Crippen LogP contribution in [-0.2, 0) is 0 Å². The van der Waals surface area contributed by atoms with Crippen molar-refractivity contribution in [1.29, 1.82) is 0 Å². The van der Waals surface area contributed by atoms with Gasteiger partial charge in [-0.3, -0.25) is 0 Å². The molecule has 0 aromatic rings. The first-order valence-electron chi connectivity index (χ1n) is 4.35. The van der Waals surface area contributed by atoms with Gasteiger partial charge >= 0.3 is 0 Å². The highest BCUT2D eigenvalue weighted by atomic mass is 15.2. The molecule has 0 aromatic heterocycles. The molecule has 1 rings (SSSR count). The number of aliphatic imine (C=N–C) groups is 2. The van der Waals surface area contributed by atoms with E-state index in [0.29, 0.717) is 0 Å². The number of allylic oxidation sites excluding steroid dienone is 1. The van der Waals surface area contributed by atoms with Gasteiger partial charge in [0.2, 0.25) is 0 Å². The molecule has 0 saturated heterocycles. The molecule has 70 valence electrons. The standard InChI is InChI=1S/C10H15N3/c1-5-6-7(2)10-12-8(3)11-9(4)13-10/h5-6,8H,2H2,1,3-4H3,(H,11,12,13)/b6-5-. The van der Waals surface area contributed by atoms with Gasteiger partial charge in [-0.1, -0.05) is 18.7 Å². The number of hydrogen-bond donors (Lipinski definition) is 1. The monoisotopic (exact) mass is 177 g/mol. The van der Waals surface area contributed by atoms with E-state index in [2.05, 4.69) is 21.9 Å². The van der Waals surface area contributed by atoms with Gasteiger partial charge in [-0.15, -0.1) is 0 Å². The van der Waals surface area contributed by atoms with Gasteiger partial charge in [0.05, 0.1) is 0 Å². The Labute approximate surface area is 79.0 Å². The zero-order valence-electron chi connectivity index (χ0n) is 8.33. The summed E-state index contributed by atoms with van der Waals surface area (Å²) in [7, 11) is 0. The summed E-state index contributed by atoms with van der Waals surface area (Å²) in [5, 5.41) is 3.10. The summed E-state index contributed by atoms with van der Waals surface area (Å²) in [4.78, 5) is 8.57. The molecule has 3 nitrogen and oxygen atoms in total. The van der Waals surface area contributed by atoms with Gasteiger partial charge < -0.3 is 5.32 Å². The van der Waals surface area contributed by atoms with Crippen molar-refractivity contribution in [2.75, 3.05) is 0 Å². The second-order valence-electron chi connectivity index (χ2n) is 3.00. The molecule has 3 heteroatoms. The lowest BCUT2D eigenvalue weighted by molar-refractivity contribution is 0.688. The summed E-state index contributed by atoms with van der Waals surface area (Å²) in [6.07, 6.45) is 3.94. The van der Waals surface area contributed by atoms with E-state index in [1.165, 1.54) is 0 Å². The molecular formula is C10H15N3. The van der Waals surface area contributed by atoms with Crippen molar-refractivity contribution >= 4 is 11.7 Å². The number of nitrogens with one attached hydrogen (secondary N) is 1. The van der Waals surface area contributed by atoms with Crippen LogP contribution >= 0.6 is 0 Å². The van der Waals surface area contributed by atoms with E-state index in [-0.39, 0.29) is 6.17 Å². The van der Waals surface area contributed by atoms with Crippen LogP contribution in [0.15, 0.2) is 34.3 Å². The Balaban J connectivity index is 2.85. The first kappa shape index (κ1) is 9.71. The van der Waals surface area contributed by atoms with Gasteiger partial charge in [-0.25, -0.2) is 9.98 Å². The highest BCUT2D eigenvalue weighted by Crippen LogP contribution is 2.05. The second-order valence-corrected chi connectivity index (χ2v) is 3.00. The molecule has 0 fully saturated rings. The minimum absolute atomic E-state index is 0.0921. The third-order valence-electron chi connectivity index (χ3n) is 1.66. The van der Waals surface area contributed by atoms with Crippen LogP contribution in [0.25, 0.3) is 0 Å². The van der Waals surface area contributed by atoms with Crippen molar-refractivity contribution in [3.63, 3.8) is 0 Å². The van der Waals surface area contributed by atoms with Crippen LogP contribution < -0.4 is 5.32 Å². The van der Waals surface area contributed by atoms with E-state index >= 15 is 0 Å². The summed E-state index contributed by atoms with van der Waals surface area (Å²) in [5.41, 5.74) is 0.857. The topological polar surface area (TPSA) is 36.8 Å². The van der Waals surface area contributed by atoms with Crippen LogP contribution in [0.3, 0.4) is 0 Å². The highest BCUT2D eigenvalue weighted by molar-refractivity contribution is 6.08. The molecule has 0 aliphatic carbocycles. The fourth-order valence-electron chi connectivity index (χ4n) is 1.17. The zero-order chi connectivity index (χ0) is 9.84. The number of amidine groups is 2. The molecular weight excluding hydrogens is 162 g/mol. The lowest BCUT2D eigenvalue weighted by Gasteiger charge is -2.17. The molecule has 13 heavy (non-hydrogen) atoms. The first-order chi connectivity index (χ1) is 6.13. The van der Waals surface area contributed by atoms with Gasteiger partial charge in [-0.2, -0.15) is 0 Å². The summed E-state index contributed by atoms with van der Waals surface area (Å²) < 4.78 is 0. The lowest BCUT2D eigenvalue weighted by atomic mass is 10.2. The average molecular weight is 177 g/mol. The van der Waals surface area contributed by atoms with Crippen LogP contribution in [0.4, 0.5) is 0 Å². The first-order valence-corrected chi connectivity index (χ1v) is 4.35. The summed E-state index contributed by atoms with van der Waals surface area (Å²) in [6, 6.07) is 0. The van der Waals surface area contributed by atoms with Crippen LogP contribution in [-0.4, -0.2) is 17.8 Å². The van der Waals surface area contributed by atoms with Gasteiger partial charge in [0.25, 0.3) is 0 Å². The average Bonchev–Trinajstić information content (AvgIpc) is 2.03. The van der Waals surface area contributed by atoms with E-state index < -0.39 is 0 Å². The third-order valence-corrected chi connectivity index (χ3v) is 1.66. The minimum Gasteiger partial charge on any atom is -0.352 e. The maximum absolute atomic E-state index is 4.32. The quantitative estimate of drug-likeness (QED) is 0.642. The van der Waals surface area contributed by atoms with E-state index in [1.807, 2.05) is 32.9 Å². The molecule has 0 radical (unpaired) electrons. The molecule has 0 saturated carbocycles. The van der Waals surface area contributed by atoms with Crippen molar-refractivity contribution in [3.05, 3.63) is 24.3 Å². The number of rotatable bonds is 2. The molecule has 1 heterocycles. The van der Waals surface area contributed by atoms with Crippen LogP contribution in [0.5, 0.6) is 0 Å².